The van der Waals surface area contributed by atoms with E-state index in [1.807, 2.05) is 0 Å². The standard InChI is InChI=1S/C13H17F2N3O2/c1-3-13(2,11(16)18-20)12(19)17-7-8-6-9(14)4-5-10(8)15/h4-6,20H,3,7H2,1-2H3,(H2,16,18)(H,17,19). The normalized spacial score (nSPS) is 14.7. The van der Waals surface area contributed by atoms with Crippen LogP contribution in [0.3, 0.4) is 0 Å². The van der Waals surface area contributed by atoms with Crippen LogP contribution in [-0.2, 0) is 11.3 Å². The van der Waals surface area contributed by atoms with Gasteiger partial charge >= 0.3 is 0 Å². The number of halogens is 2. The molecule has 0 radical (unpaired) electrons. The topological polar surface area (TPSA) is 87.7 Å². The molecular formula is C13H17F2N3O2. The Labute approximate surface area is 115 Å². The molecule has 4 N–H and O–H groups in total. The molecule has 0 spiro atoms. The number of nitrogens with one attached hydrogen (secondary N) is 1. The number of amides is 1. The van der Waals surface area contributed by atoms with Gasteiger partial charge in [0.1, 0.15) is 17.0 Å². The summed E-state index contributed by atoms with van der Waals surface area (Å²) in [4.78, 5) is 12.1. The lowest BCUT2D eigenvalue weighted by Gasteiger charge is -2.25. The third-order valence-corrected chi connectivity index (χ3v) is 3.33. The number of hydrogen-bond donors (Lipinski definition) is 3. The van der Waals surface area contributed by atoms with Crippen LogP contribution in [0.15, 0.2) is 23.4 Å². The predicted octanol–water partition coefficient (Wildman–Crippen LogP) is 1.74. The molecule has 1 aromatic carbocycles. The maximum atomic E-state index is 13.4. The number of nitrogens with zero attached hydrogens (tertiary/aromatic N) is 1. The van der Waals surface area contributed by atoms with Crippen LogP contribution in [-0.4, -0.2) is 17.0 Å². The Kier molecular flexibility index (Phi) is 5.01. The third-order valence-electron chi connectivity index (χ3n) is 3.33. The van der Waals surface area contributed by atoms with E-state index in [0.29, 0.717) is 6.42 Å². The summed E-state index contributed by atoms with van der Waals surface area (Å²) in [7, 11) is 0. The van der Waals surface area contributed by atoms with Gasteiger partial charge in [-0.15, -0.1) is 0 Å². The number of carbonyl (C=O) groups is 1. The summed E-state index contributed by atoms with van der Waals surface area (Å²) in [5.41, 5.74) is 4.31. The maximum absolute atomic E-state index is 13.4. The first-order chi connectivity index (χ1) is 9.35. The van der Waals surface area contributed by atoms with E-state index in [1.54, 1.807) is 6.92 Å². The first-order valence-electron chi connectivity index (χ1n) is 6.05. The largest absolute Gasteiger partial charge is 0.409 e. The molecule has 0 bridgehead atoms. The van der Waals surface area contributed by atoms with Crippen LogP contribution in [0.5, 0.6) is 0 Å². The van der Waals surface area contributed by atoms with E-state index in [0.717, 1.165) is 18.2 Å². The highest BCUT2D eigenvalue weighted by molar-refractivity contribution is 6.06. The number of hydrogen-bond acceptors (Lipinski definition) is 3. The van der Waals surface area contributed by atoms with Crippen LogP contribution in [0.1, 0.15) is 25.8 Å². The number of nitrogens with two attached hydrogens (primary N) is 1. The lowest BCUT2D eigenvalue weighted by molar-refractivity contribution is -0.127. The van der Waals surface area contributed by atoms with Crippen LogP contribution in [0.2, 0.25) is 0 Å². The van der Waals surface area contributed by atoms with Gasteiger partial charge in [-0.25, -0.2) is 8.78 Å². The molecule has 0 aliphatic rings. The minimum Gasteiger partial charge on any atom is -0.409 e. The van der Waals surface area contributed by atoms with Gasteiger partial charge in [0.05, 0.1) is 0 Å². The minimum atomic E-state index is -1.21. The molecule has 0 saturated heterocycles. The molecule has 1 amide bonds. The average Bonchev–Trinajstić information content (AvgIpc) is 2.45. The first kappa shape index (κ1) is 15.9. The van der Waals surface area contributed by atoms with E-state index < -0.39 is 23.0 Å². The highest BCUT2D eigenvalue weighted by Crippen LogP contribution is 2.22. The third kappa shape index (κ3) is 3.23. The summed E-state index contributed by atoms with van der Waals surface area (Å²) in [6.45, 7) is 3.01. The molecule has 0 saturated carbocycles. The Balaban J connectivity index is 2.83. The highest BCUT2D eigenvalue weighted by Gasteiger charge is 2.36. The number of rotatable bonds is 5. The van der Waals surface area contributed by atoms with Crippen LogP contribution in [0.4, 0.5) is 8.78 Å². The molecule has 7 heteroatoms. The number of amidine groups is 1. The van der Waals surface area contributed by atoms with Crippen molar-refractivity contribution < 1.29 is 18.8 Å². The number of benzene rings is 1. The Morgan fingerprint density at radius 1 is 1.50 bits per heavy atom. The van der Waals surface area contributed by atoms with Gasteiger partial charge in [0.2, 0.25) is 5.91 Å². The molecule has 0 heterocycles. The van der Waals surface area contributed by atoms with Crippen molar-refractivity contribution in [2.75, 3.05) is 0 Å². The quantitative estimate of drug-likeness (QED) is 0.333. The molecule has 1 rings (SSSR count). The van der Waals surface area contributed by atoms with Gasteiger partial charge in [-0.1, -0.05) is 12.1 Å². The van der Waals surface area contributed by atoms with Crippen molar-refractivity contribution in [3.05, 3.63) is 35.4 Å². The van der Waals surface area contributed by atoms with Crippen molar-refractivity contribution in [1.82, 2.24) is 5.32 Å². The van der Waals surface area contributed by atoms with Crippen molar-refractivity contribution >= 4 is 11.7 Å². The molecule has 1 atom stereocenters. The summed E-state index contributed by atoms with van der Waals surface area (Å²) < 4.78 is 26.4. The average molecular weight is 285 g/mol. The summed E-state index contributed by atoms with van der Waals surface area (Å²) in [5.74, 6) is -1.98. The monoisotopic (exact) mass is 285 g/mol. The van der Waals surface area contributed by atoms with E-state index in [9.17, 15) is 13.6 Å². The fourth-order valence-corrected chi connectivity index (χ4v) is 1.62. The van der Waals surface area contributed by atoms with Gasteiger partial charge in [-0.2, -0.15) is 0 Å². The van der Waals surface area contributed by atoms with Gasteiger partial charge in [0.25, 0.3) is 0 Å². The second-order valence-electron chi connectivity index (χ2n) is 4.59. The summed E-state index contributed by atoms with van der Waals surface area (Å²) in [6.07, 6.45) is 0.292. The fraction of sp³-hybridized carbons (Fsp3) is 0.385. The molecule has 5 nitrogen and oxygen atoms in total. The van der Waals surface area contributed by atoms with E-state index in [4.69, 9.17) is 10.9 Å². The summed E-state index contributed by atoms with van der Waals surface area (Å²) >= 11 is 0. The maximum Gasteiger partial charge on any atom is 0.233 e. The molecule has 0 aromatic heterocycles. The van der Waals surface area contributed by atoms with Crippen LogP contribution >= 0.6 is 0 Å². The fourth-order valence-electron chi connectivity index (χ4n) is 1.62. The smallest absolute Gasteiger partial charge is 0.233 e. The SMILES string of the molecule is CCC(C)(C(=O)NCc1cc(F)ccc1F)/C(N)=N/O. The van der Waals surface area contributed by atoms with Gasteiger partial charge in [0.15, 0.2) is 5.84 Å². The Hall–Kier alpha value is -2.18. The Morgan fingerprint density at radius 3 is 2.70 bits per heavy atom. The minimum absolute atomic E-state index is 0.0244. The van der Waals surface area contributed by atoms with E-state index in [1.165, 1.54) is 6.92 Å². The number of carbonyl (C=O) groups excluding carboxylic acids is 1. The zero-order chi connectivity index (χ0) is 15.3. The van der Waals surface area contributed by atoms with Crippen molar-refractivity contribution in [3.63, 3.8) is 0 Å². The van der Waals surface area contributed by atoms with Crippen molar-refractivity contribution in [2.45, 2.75) is 26.8 Å². The van der Waals surface area contributed by atoms with Gasteiger partial charge in [0, 0.05) is 12.1 Å². The molecule has 110 valence electrons. The number of oxime groups is 1. The van der Waals surface area contributed by atoms with E-state index >= 15 is 0 Å². The molecule has 0 aliphatic carbocycles. The lowest BCUT2D eigenvalue weighted by Crippen LogP contribution is -2.47. The second kappa shape index (κ2) is 6.31. The van der Waals surface area contributed by atoms with E-state index in [2.05, 4.69) is 10.5 Å². The van der Waals surface area contributed by atoms with Crippen LogP contribution in [0.25, 0.3) is 0 Å². The first-order valence-corrected chi connectivity index (χ1v) is 6.05. The van der Waals surface area contributed by atoms with Gasteiger partial charge in [-0.05, 0) is 31.5 Å². The van der Waals surface area contributed by atoms with Crippen LogP contribution < -0.4 is 11.1 Å². The lowest BCUT2D eigenvalue weighted by atomic mass is 9.85. The van der Waals surface area contributed by atoms with Crippen LogP contribution in [0, 0.1) is 17.0 Å². The van der Waals surface area contributed by atoms with Gasteiger partial charge in [-0.3, -0.25) is 4.79 Å². The van der Waals surface area contributed by atoms with Crippen molar-refractivity contribution in [1.29, 1.82) is 0 Å². The van der Waals surface area contributed by atoms with Crippen molar-refractivity contribution in [2.24, 2.45) is 16.3 Å². The molecule has 1 aromatic rings. The molecule has 0 aliphatic heterocycles. The van der Waals surface area contributed by atoms with Crippen molar-refractivity contribution in [3.8, 4) is 0 Å². The second-order valence-corrected chi connectivity index (χ2v) is 4.59. The Morgan fingerprint density at radius 2 is 2.15 bits per heavy atom. The van der Waals surface area contributed by atoms with Gasteiger partial charge < -0.3 is 16.3 Å². The Bertz CT molecular complexity index is 534. The summed E-state index contributed by atoms with van der Waals surface area (Å²) in [6, 6.07) is 2.98. The highest BCUT2D eigenvalue weighted by atomic mass is 19.1. The zero-order valence-electron chi connectivity index (χ0n) is 11.3. The molecular weight excluding hydrogens is 268 g/mol. The molecule has 20 heavy (non-hydrogen) atoms. The summed E-state index contributed by atoms with van der Waals surface area (Å²) in [5, 5.41) is 14.0. The molecule has 0 fully saturated rings. The van der Waals surface area contributed by atoms with E-state index in [-0.39, 0.29) is 17.9 Å². The molecule has 1 unspecified atom stereocenters. The zero-order valence-corrected chi connectivity index (χ0v) is 11.3. The predicted molar refractivity (Wildman–Crippen MR) is 70.0 cm³/mol.